The average molecular weight is 441 g/mol. The molecular weight excluding hydrogens is 416 g/mol. The fourth-order valence-corrected chi connectivity index (χ4v) is 5.45. The molecule has 1 aliphatic rings. The number of ketones is 1. The molecule has 2 heterocycles. The Bertz CT molecular complexity index is 1290. The van der Waals surface area contributed by atoms with E-state index in [1.165, 1.54) is 16.7 Å². The Balaban J connectivity index is 1.91. The van der Waals surface area contributed by atoms with Crippen LogP contribution in [0.15, 0.2) is 59.5 Å². The van der Waals surface area contributed by atoms with Crippen molar-refractivity contribution in [3.8, 4) is 0 Å². The number of ether oxygens (including phenoxy) is 1. The summed E-state index contributed by atoms with van der Waals surface area (Å²) in [4.78, 5) is 26.5. The van der Waals surface area contributed by atoms with E-state index in [1.807, 2.05) is 0 Å². The average Bonchev–Trinajstić information content (AvgIpc) is 3.04. The molecule has 0 aliphatic carbocycles. The number of benzene rings is 2. The van der Waals surface area contributed by atoms with Gasteiger partial charge in [-0.05, 0) is 45.9 Å². The summed E-state index contributed by atoms with van der Waals surface area (Å²) >= 11 is 0. The van der Waals surface area contributed by atoms with Crippen LogP contribution in [0, 0.1) is 0 Å². The monoisotopic (exact) mass is 440 g/mol. The molecule has 0 saturated heterocycles. The number of fused-ring (bicyclic) bond motifs is 3. The van der Waals surface area contributed by atoms with Gasteiger partial charge in [-0.25, -0.2) is 17.8 Å². The minimum absolute atomic E-state index is 0.0954. The Kier molecular flexibility index (Phi) is 5.02. The van der Waals surface area contributed by atoms with Crippen LogP contribution in [0.1, 0.15) is 43.7 Å². The topological polar surface area (TPSA) is 85.7 Å². The molecule has 1 aromatic heterocycles. The summed E-state index contributed by atoms with van der Waals surface area (Å²) in [5, 5.41) is 0.608. The molecule has 1 atom stereocenters. The molecular formula is C23H24N2O5S. The van der Waals surface area contributed by atoms with Crippen molar-refractivity contribution in [3.63, 3.8) is 0 Å². The molecule has 31 heavy (non-hydrogen) atoms. The fraction of sp³-hybridized carbons (Fsp3) is 0.304. The normalized spacial score (nSPS) is 17.5. The summed E-state index contributed by atoms with van der Waals surface area (Å²) in [6, 6.07) is 14.1. The number of nitrogens with zero attached hydrogens (tertiary/aromatic N) is 2. The minimum Gasteiger partial charge on any atom is -0.443 e. The zero-order chi connectivity index (χ0) is 22.6. The Hall–Kier alpha value is -2.97. The lowest BCUT2D eigenvalue weighted by atomic mass is 9.98. The summed E-state index contributed by atoms with van der Waals surface area (Å²) in [5.74, 6) is -0.348. The standard InChI is InChI=1S/C23H24N2O5S/c1-15-21(26)20-17-12-8-9-13-18(17)25(22(27)30-23(2,3)4)19(20)14-24(15)31(28,29)16-10-6-5-7-11-16/h5-13,15H,14H2,1-4H3/t15-/m0/s1. The molecule has 162 valence electrons. The molecule has 7 nitrogen and oxygen atoms in total. The van der Waals surface area contributed by atoms with Gasteiger partial charge in [-0.15, -0.1) is 0 Å². The number of sulfonamides is 1. The summed E-state index contributed by atoms with van der Waals surface area (Å²) in [6.07, 6.45) is -0.649. The number of rotatable bonds is 2. The molecule has 0 amide bonds. The predicted octanol–water partition coefficient (Wildman–Crippen LogP) is 4.20. The second kappa shape index (κ2) is 7.32. The van der Waals surface area contributed by atoms with Crippen LogP contribution in [0.5, 0.6) is 0 Å². The highest BCUT2D eigenvalue weighted by molar-refractivity contribution is 7.89. The van der Waals surface area contributed by atoms with Crippen LogP contribution in [0.4, 0.5) is 4.79 Å². The number of para-hydroxylation sites is 1. The zero-order valence-corrected chi connectivity index (χ0v) is 18.6. The first-order valence-electron chi connectivity index (χ1n) is 9.99. The highest BCUT2D eigenvalue weighted by Gasteiger charge is 2.42. The predicted molar refractivity (Wildman–Crippen MR) is 117 cm³/mol. The Morgan fingerprint density at radius 3 is 2.29 bits per heavy atom. The quantitative estimate of drug-likeness (QED) is 0.596. The number of aromatic nitrogens is 1. The van der Waals surface area contributed by atoms with Gasteiger partial charge in [-0.3, -0.25) is 4.79 Å². The van der Waals surface area contributed by atoms with Crippen molar-refractivity contribution in [1.82, 2.24) is 8.87 Å². The molecule has 3 aromatic rings. The van der Waals surface area contributed by atoms with Gasteiger partial charge in [0.25, 0.3) is 0 Å². The Morgan fingerprint density at radius 1 is 1.03 bits per heavy atom. The van der Waals surface area contributed by atoms with Gasteiger partial charge in [0.15, 0.2) is 5.78 Å². The van der Waals surface area contributed by atoms with Gasteiger partial charge in [-0.2, -0.15) is 4.31 Å². The summed E-state index contributed by atoms with van der Waals surface area (Å²) in [5.41, 5.74) is 0.449. The van der Waals surface area contributed by atoms with E-state index >= 15 is 0 Å². The second-order valence-corrected chi connectivity index (χ2v) is 10.4. The molecule has 0 N–H and O–H groups in total. The third kappa shape index (κ3) is 3.55. The SMILES string of the molecule is C[C@H]1C(=O)c2c(n(C(=O)OC(C)(C)C)c3ccccc23)CN1S(=O)(=O)c1ccccc1. The van der Waals surface area contributed by atoms with Gasteiger partial charge in [0, 0.05) is 5.39 Å². The van der Waals surface area contributed by atoms with Crippen LogP contribution in [-0.4, -0.2) is 40.8 Å². The van der Waals surface area contributed by atoms with E-state index in [4.69, 9.17) is 4.74 Å². The van der Waals surface area contributed by atoms with Gasteiger partial charge < -0.3 is 4.74 Å². The van der Waals surface area contributed by atoms with Crippen molar-refractivity contribution in [2.45, 2.75) is 50.8 Å². The van der Waals surface area contributed by atoms with Crippen LogP contribution < -0.4 is 0 Å². The maximum Gasteiger partial charge on any atom is 0.419 e. The lowest BCUT2D eigenvalue weighted by molar-refractivity contribution is 0.0536. The van der Waals surface area contributed by atoms with E-state index in [0.29, 0.717) is 22.2 Å². The molecule has 0 unspecified atom stereocenters. The van der Waals surface area contributed by atoms with Crippen LogP contribution in [0.3, 0.4) is 0 Å². The maximum atomic E-state index is 13.4. The highest BCUT2D eigenvalue weighted by atomic mass is 32.2. The van der Waals surface area contributed by atoms with Crippen LogP contribution in [0.2, 0.25) is 0 Å². The summed E-state index contributed by atoms with van der Waals surface area (Å²) in [6.45, 7) is 6.71. The molecule has 4 rings (SSSR count). The number of hydrogen-bond acceptors (Lipinski definition) is 5. The van der Waals surface area contributed by atoms with Crippen molar-refractivity contribution in [1.29, 1.82) is 0 Å². The minimum atomic E-state index is -3.95. The van der Waals surface area contributed by atoms with Crippen LogP contribution >= 0.6 is 0 Å². The highest BCUT2D eigenvalue weighted by Crippen LogP contribution is 2.36. The van der Waals surface area contributed by atoms with Crippen molar-refractivity contribution in [3.05, 3.63) is 65.9 Å². The van der Waals surface area contributed by atoms with E-state index in [0.717, 1.165) is 4.31 Å². The third-order valence-corrected chi connectivity index (χ3v) is 7.19. The number of Topliss-reactive ketones (excluding diaryl/α,β-unsaturated/α-hetero) is 1. The van der Waals surface area contributed by atoms with E-state index in [-0.39, 0.29) is 17.2 Å². The number of carbonyl (C=O) groups excluding carboxylic acids is 2. The summed E-state index contributed by atoms with van der Waals surface area (Å²) in [7, 11) is -3.95. The largest absolute Gasteiger partial charge is 0.443 e. The van der Waals surface area contributed by atoms with Crippen LogP contribution in [0.25, 0.3) is 10.9 Å². The van der Waals surface area contributed by atoms with E-state index in [9.17, 15) is 18.0 Å². The third-order valence-electron chi connectivity index (χ3n) is 5.26. The fourth-order valence-electron chi connectivity index (χ4n) is 3.88. The lowest BCUT2D eigenvalue weighted by Crippen LogP contribution is -2.47. The van der Waals surface area contributed by atoms with Crippen molar-refractivity contribution >= 4 is 32.8 Å². The molecule has 0 spiro atoms. The molecule has 0 bridgehead atoms. The van der Waals surface area contributed by atoms with Crippen molar-refractivity contribution in [2.24, 2.45) is 0 Å². The molecule has 0 fully saturated rings. The van der Waals surface area contributed by atoms with Crippen molar-refractivity contribution < 1.29 is 22.7 Å². The van der Waals surface area contributed by atoms with Gasteiger partial charge >= 0.3 is 6.09 Å². The molecule has 0 saturated carbocycles. The van der Waals surface area contributed by atoms with E-state index in [1.54, 1.807) is 70.2 Å². The number of hydrogen-bond donors (Lipinski definition) is 0. The van der Waals surface area contributed by atoms with E-state index < -0.39 is 27.8 Å². The molecule has 2 aromatic carbocycles. The zero-order valence-electron chi connectivity index (χ0n) is 17.8. The first kappa shape index (κ1) is 21.3. The maximum absolute atomic E-state index is 13.4. The smallest absolute Gasteiger partial charge is 0.419 e. The first-order valence-corrected chi connectivity index (χ1v) is 11.4. The molecule has 1 aliphatic heterocycles. The second-order valence-electron chi connectivity index (χ2n) is 8.56. The van der Waals surface area contributed by atoms with E-state index in [2.05, 4.69) is 0 Å². The van der Waals surface area contributed by atoms with Crippen molar-refractivity contribution in [2.75, 3.05) is 0 Å². The first-order chi connectivity index (χ1) is 14.5. The lowest BCUT2D eigenvalue weighted by Gasteiger charge is -2.32. The molecule has 8 heteroatoms. The van der Waals surface area contributed by atoms with Gasteiger partial charge in [0.05, 0.1) is 34.3 Å². The molecule has 0 radical (unpaired) electrons. The number of carbonyl (C=O) groups is 2. The van der Waals surface area contributed by atoms with Crippen LogP contribution in [-0.2, 0) is 21.3 Å². The summed E-state index contributed by atoms with van der Waals surface area (Å²) < 4.78 is 34.7. The Morgan fingerprint density at radius 2 is 1.65 bits per heavy atom. The van der Waals surface area contributed by atoms with Gasteiger partial charge in [-0.1, -0.05) is 36.4 Å². The van der Waals surface area contributed by atoms with Gasteiger partial charge in [0.1, 0.15) is 5.60 Å². The Labute approximate surface area is 181 Å². The van der Waals surface area contributed by atoms with Gasteiger partial charge in [0.2, 0.25) is 10.0 Å².